The number of nitrogens with one attached hydrogen (secondary N) is 1. The first kappa shape index (κ1) is 23.0. The lowest BCUT2D eigenvalue weighted by Crippen LogP contribution is -2.46. The van der Waals surface area contributed by atoms with Gasteiger partial charge >= 0.3 is 5.97 Å². The predicted molar refractivity (Wildman–Crippen MR) is 127 cm³/mol. The average Bonchev–Trinajstić information content (AvgIpc) is 3.08. The van der Waals surface area contributed by atoms with Crippen LogP contribution in [-0.4, -0.2) is 23.0 Å². The summed E-state index contributed by atoms with van der Waals surface area (Å²) in [5.41, 5.74) is 0.982. The molecule has 0 aliphatic heterocycles. The molecule has 1 aromatic heterocycles. The van der Waals surface area contributed by atoms with Crippen LogP contribution in [0.4, 0.5) is 0 Å². The lowest BCUT2D eigenvalue weighted by Gasteiger charge is -2.41. The monoisotopic (exact) mass is 491 g/mol. The van der Waals surface area contributed by atoms with Crippen LogP contribution >= 0.6 is 27.3 Å². The third-order valence-corrected chi connectivity index (χ3v) is 7.44. The van der Waals surface area contributed by atoms with Gasteiger partial charge in [-0.25, -0.2) is 0 Å². The molecule has 6 heteroatoms. The number of carboxylic acids is 1. The van der Waals surface area contributed by atoms with Gasteiger partial charge < -0.3 is 10.4 Å². The second kappa shape index (κ2) is 10.1. The molecular formula is C24H30BrNO3S. The number of carbonyl (C=O) groups excluding carboxylic acids is 1. The Morgan fingerprint density at radius 3 is 2.90 bits per heavy atom. The number of benzene rings is 1. The van der Waals surface area contributed by atoms with Gasteiger partial charge in [0.25, 0.3) is 5.91 Å². The van der Waals surface area contributed by atoms with E-state index in [2.05, 4.69) is 53.3 Å². The molecule has 1 aliphatic rings. The summed E-state index contributed by atoms with van der Waals surface area (Å²) in [7, 11) is 0. The lowest BCUT2D eigenvalue weighted by atomic mass is 9.69. The number of hydrogen-bond donors (Lipinski definition) is 2. The molecule has 2 aromatic rings. The Hall–Kier alpha value is -1.66. The number of allylic oxidation sites excluding steroid dienone is 2. The van der Waals surface area contributed by atoms with Crippen LogP contribution in [0.3, 0.4) is 0 Å². The van der Waals surface area contributed by atoms with Gasteiger partial charge in [-0.1, -0.05) is 48.0 Å². The van der Waals surface area contributed by atoms with Gasteiger partial charge in [0.15, 0.2) is 0 Å². The Morgan fingerprint density at radius 2 is 2.13 bits per heavy atom. The highest BCUT2D eigenvalue weighted by molar-refractivity contribution is 9.10. The quantitative estimate of drug-likeness (QED) is 0.315. The fourth-order valence-electron chi connectivity index (χ4n) is 4.28. The second-order valence-corrected chi connectivity index (χ2v) is 10.9. The minimum Gasteiger partial charge on any atom is -0.481 e. The van der Waals surface area contributed by atoms with Crippen molar-refractivity contribution >= 4 is 49.2 Å². The molecule has 2 atom stereocenters. The molecular weight excluding hydrogens is 462 g/mol. The zero-order valence-electron chi connectivity index (χ0n) is 17.6. The van der Waals surface area contributed by atoms with Crippen LogP contribution in [0.2, 0.25) is 0 Å². The largest absolute Gasteiger partial charge is 0.481 e. The van der Waals surface area contributed by atoms with E-state index in [1.165, 1.54) is 0 Å². The van der Waals surface area contributed by atoms with Crippen LogP contribution in [0.5, 0.6) is 0 Å². The van der Waals surface area contributed by atoms with Crippen LogP contribution in [0.25, 0.3) is 10.1 Å². The van der Waals surface area contributed by atoms with Gasteiger partial charge in [-0.3, -0.25) is 9.59 Å². The number of hydrogen-bond acceptors (Lipinski definition) is 3. The highest BCUT2D eigenvalue weighted by atomic mass is 79.9. The fraction of sp³-hybridized carbons (Fsp3) is 0.500. The summed E-state index contributed by atoms with van der Waals surface area (Å²) < 4.78 is 2.13. The van der Waals surface area contributed by atoms with Crippen molar-refractivity contribution in [2.75, 3.05) is 0 Å². The van der Waals surface area contributed by atoms with E-state index in [-0.39, 0.29) is 23.8 Å². The molecule has 1 fully saturated rings. The fourth-order valence-corrected chi connectivity index (χ4v) is 5.77. The summed E-state index contributed by atoms with van der Waals surface area (Å²) in [5.74, 6) is -0.313. The Labute approximate surface area is 190 Å². The first-order chi connectivity index (χ1) is 14.2. The molecule has 2 unspecified atom stereocenters. The van der Waals surface area contributed by atoms with Crippen LogP contribution in [-0.2, 0) is 4.79 Å². The SMILES string of the molecule is CC1(C)CCC(C/C=C\CCCC(=O)O)C(NC(=O)c2csc3cc(Br)ccc23)C1. The number of carboxylic acid groups (broad SMARTS) is 1. The number of aliphatic carboxylic acids is 1. The number of unbranched alkanes of at least 4 members (excludes halogenated alkanes) is 1. The summed E-state index contributed by atoms with van der Waals surface area (Å²) in [4.78, 5) is 23.7. The minimum atomic E-state index is -0.742. The number of carbonyl (C=O) groups is 2. The third kappa shape index (κ3) is 6.17. The van der Waals surface area contributed by atoms with Crippen molar-refractivity contribution in [2.24, 2.45) is 11.3 Å². The standard InChI is InChI=1S/C24H30BrNO3S/c1-24(2)12-11-16(7-5-3-4-6-8-22(27)28)20(14-24)26-23(29)19-15-30-21-13-17(25)9-10-18(19)21/h3,5,9-10,13,15-16,20H,4,6-8,11-12,14H2,1-2H3,(H,26,29)(H,27,28)/b5-3-. The minimum absolute atomic E-state index is 0.0155. The molecule has 1 aliphatic carbocycles. The maximum absolute atomic E-state index is 13.1. The van der Waals surface area contributed by atoms with Crippen LogP contribution in [0.1, 0.15) is 69.2 Å². The molecule has 1 heterocycles. The maximum Gasteiger partial charge on any atom is 0.303 e. The van der Waals surface area contributed by atoms with Gasteiger partial charge in [0.05, 0.1) is 5.56 Å². The molecule has 0 bridgehead atoms. The molecule has 4 nitrogen and oxygen atoms in total. The molecule has 162 valence electrons. The average molecular weight is 492 g/mol. The highest BCUT2D eigenvalue weighted by Crippen LogP contribution is 2.40. The van der Waals surface area contributed by atoms with Gasteiger partial charge in [0, 0.05) is 32.4 Å². The number of thiophene rings is 1. The predicted octanol–water partition coefficient (Wildman–Crippen LogP) is 6.79. The van der Waals surface area contributed by atoms with Crippen LogP contribution in [0.15, 0.2) is 40.2 Å². The van der Waals surface area contributed by atoms with E-state index in [9.17, 15) is 9.59 Å². The van der Waals surface area contributed by atoms with E-state index >= 15 is 0 Å². The van der Waals surface area contributed by atoms with E-state index in [1.54, 1.807) is 11.3 Å². The van der Waals surface area contributed by atoms with Crippen molar-refractivity contribution in [3.8, 4) is 0 Å². The smallest absolute Gasteiger partial charge is 0.303 e. The number of rotatable bonds is 8. The van der Waals surface area contributed by atoms with Crippen molar-refractivity contribution in [2.45, 2.75) is 64.8 Å². The molecule has 3 rings (SSSR count). The van der Waals surface area contributed by atoms with Gasteiger partial charge in [0.1, 0.15) is 0 Å². The topological polar surface area (TPSA) is 66.4 Å². The van der Waals surface area contributed by atoms with Crippen LogP contribution < -0.4 is 5.32 Å². The first-order valence-electron chi connectivity index (χ1n) is 10.6. The summed E-state index contributed by atoms with van der Waals surface area (Å²) in [6.07, 6.45) is 10.1. The maximum atomic E-state index is 13.1. The molecule has 0 radical (unpaired) electrons. The van der Waals surface area contributed by atoms with Gasteiger partial charge in [0.2, 0.25) is 0 Å². The van der Waals surface area contributed by atoms with E-state index < -0.39 is 5.97 Å². The van der Waals surface area contributed by atoms with Crippen molar-refractivity contribution < 1.29 is 14.7 Å². The van der Waals surface area contributed by atoms with E-state index in [0.29, 0.717) is 12.3 Å². The molecule has 2 N–H and O–H groups in total. The van der Waals surface area contributed by atoms with Crippen LogP contribution in [0, 0.1) is 11.3 Å². The molecule has 30 heavy (non-hydrogen) atoms. The van der Waals surface area contributed by atoms with Gasteiger partial charge in [-0.05, 0) is 62.0 Å². The van der Waals surface area contributed by atoms with Gasteiger partial charge in [-0.2, -0.15) is 0 Å². The third-order valence-electron chi connectivity index (χ3n) is 6.00. The Kier molecular flexibility index (Phi) is 7.75. The van der Waals surface area contributed by atoms with E-state index in [1.807, 2.05) is 17.5 Å². The van der Waals surface area contributed by atoms with E-state index in [4.69, 9.17) is 5.11 Å². The van der Waals surface area contributed by atoms with Crippen molar-refractivity contribution in [1.82, 2.24) is 5.32 Å². The number of fused-ring (bicyclic) bond motifs is 1. The zero-order valence-corrected chi connectivity index (χ0v) is 20.0. The summed E-state index contributed by atoms with van der Waals surface area (Å²) in [6.45, 7) is 4.56. The van der Waals surface area contributed by atoms with Crippen molar-refractivity contribution in [1.29, 1.82) is 0 Å². The highest BCUT2D eigenvalue weighted by Gasteiger charge is 2.35. The Morgan fingerprint density at radius 1 is 1.33 bits per heavy atom. The number of amides is 1. The number of halogens is 1. The Bertz CT molecular complexity index is 934. The molecule has 0 spiro atoms. The molecule has 0 saturated heterocycles. The molecule has 1 amide bonds. The summed E-state index contributed by atoms with van der Waals surface area (Å²) >= 11 is 5.09. The van der Waals surface area contributed by atoms with Crippen molar-refractivity contribution in [3.05, 3.63) is 45.8 Å². The Balaban J connectivity index is 1.65. The van der Waals surface area contributed by atoms with Crippen molar-refractivity contribution in [3.63, 3.8) is 0 Å². The summed E-state index contributed by atoms with van der Waals surface area (Å²) in [5, 5.41) is 15.0. The molecule has 1 saturated carbocycles. The summed E-state index contributed by atoms with van der Waals surface area (Å²) in [6, 6.07) is 6.19. The second-order valence-electron chi connectivity index (χ2n) is 9.03. The lowest BCUT2D eigenvalue weighted by molar-refractivity contribution is -0.137. The normalized spacial score (nSPS) is 21.2. The molecule has 1 aromatic carbocycles. The first-order valence-corrected chi connectivity index (χ1v) is 12.3. The zero-order chi connectivity index (χ0) is 21.7. The van der Waals surface area contributed by atoms with Gasteiger partial charge in [-0.15, -0.1) is 11.3 Å². The van der Waals surface area contributed by atoms with E-state index in [0.717, 1.165) is 52.2 Å².